The predicted molar refractivity (Wildman–Crippen MR) is 78.9 cm³/mol. The highest BCUT2D eigenvalue weighted by Crippen LogP contribution is 2.27. The lowest BCUT2D eigenvalue weighted by molar-refractivity contribution is 0.360. The zero-order valence-corrected chi connectivity index (χ0v) is 13.0. The van der Waals surface area contributed by atoms with E-state index in [1.54, 1.807) is 0 Å². The lowest BCUT2D eigenvalue weighted by atomic mass is 9.87. The van der Waals surface area contributed by atoms with Crippen LogP contribution in [0.2, 0.25) is 0 Å². The van der Waals surface area contributed by atoms with Crippen LogP contribution in [0.4, 0.5) is 5.95 Å². The van der Waals surface area contributed by atoms with Gasteiger partial charge < -0.3 is 5.32 Å². The minimum Gasteiger partial charge on any atom is -0.351 e. The number of halogens is 1. The van der Waals surface area contributed by atoms with Gasteiger partial charge in [0.1, 0.15) is 0 Å². The van der Waals surface area contributed by atoms with Crippen molar-refractivity contribution in [1.82, 2.24) is 9.97 Å². The van der Waals surface area contributed by atoms with E-state index in [4.69, 9.17) is 0 Å². The highest BCUT2D eigenvalue weighted by molar-refractivity contribution is 9.10. The highest BCUT2D eigenvalue weighted by atomic mass is 79.9. The van der Waals surface area contributed by atoms with Crippen LogP contribution < -0.4 is 5.32 Å². The first-order valence-corrected chi connectivity index (χ1v) is 7.64. The molecule has 0 saturated heterocycles. The molecule has 4 heteroatoms. The van der Waals surface area contributed by atoms with Crippen molar-refractivity contribution in [2.45, 2.75) is 58.4 Å². The number of anilines is 1. The Morgan fingerprint density at radius 1 is 1.28 bits per heavy atom. The molecule has 0 unspecified atom stereocenters. The summed E-state index contributed by atoms with van der Waals surface area (Å²) in [5.74, 6) is 2.07. The van der Waals surface area contributed by atoms with Crippen molar-refractivity contribution >= 4 is 21.9 Å². The van der Waals surface area contributed by atoms with Gasteiger partial charge in [-0.1, -0.05) is 20.8 Å². The fourth-order valence-electron chi connectivity index (χ4n) is 2.44. The molecular formula is C14H22BrN3. The number of hydrogen-bond donors (Lipinski definition) is 1. The largest absolute Gasteiger partial charge is 0.351 e. The average molecular weight is 312 g/mol. The van der Waals surface area contributed by atoms with E-state index in [1.165, 1.54) is 25.7 Å². The molecule has 1 N–H and O–H groups in total. The minimum absolute atomic E-state index is 0.411. The van der Waals surface area contributed by atoms with Crippen molar-refractivity contribution in [3.8, 4) is 0 Å². The van der Waals surface area contributed by atoms with Gasteiger partial charge in [0.15, 0.2) is 0 Å². The van der Waals surface area contributed by atoms with Gasteiger partial charge in [-0.05, 0) is 53.4 Å². The van der Waals surface area contributed by atoms with Crippen LogP contribution in [0.3, 0.4) is 0 Å². The minimum atomic E-state index is 0.411. The first kappa shape index (κ1) is 13.8. The third kappa shape index (κ3) is 3.44. The SMILES string of the molecule is CC1CCC(Nc2ncc(Br)c(C(C)C)n2)CC1. The Kier molecular flexibility index (Phi) is 4.60. The molecule has 0 atom stereocenters. The molecule has 18 heavy (non-hydrogen) atoms. The van der Waals surface area contributed by atoms with Crippen molar-refractivity contribution in [2.24, 2.45) is 5.92 Å². The Hall–Kier alpha value is -0.640. The zero-order chi connectivity index (χ0) is 13.1. The van der Waals surface area contributed by atoms with Gasteiger partial charge in [0.25, 0.3) is 0 Å². The molecule has 0 aliphatic heterocycles. The van der Waals surface area contributed by atoms with Gasteiger partial charge in [-0.2, -0.15) is 0 Å². The fraction of sp³-hybridized carbons (Fsp3) is 0.714. The topological polar surface area (TPSA) is 37.8 Å². The Bertz CT molecular complexity index is 398. The second-order valence-corrected chi connectivity index (χ2v) is 6.54. The quantitative estimate of drug-likeness (QED) is 0.901. The number of nitrogens with zero attached hydrogens (tertiary/aromatic N) is 2. The summed E-state index contributed by atoms with van der Waals surface area (Å²) in [6.07, 6.45) is 6.95. The van der Waals surface area contributed by atoms with E-state index >= 15 is 0 Å². The van der Waals surface area contributed by atoms with Gasteiger partial charge in [-0.3, -0.25) is 0 Å². The molecule has 1 fully saturated rings. The first-order valence-electron chi connectivity index (χ1n) is 6.85. The van der Waals surface area contributed by atoms with Gasteiger partial charge in [-0.15, -0.1) is 0 Å². The molecule has 0 aromatic carbocycles. The summed E-state index contributed by atoms with van der Waals surface area (Å²) in [6.45, 7) is 6.64. The molecule has 0 bridgehead atoms. The molecule has 0 spiro atoms. The smallest absolute Gasteiger partial charge is 0.223 e. The van der Waals surface area contributed by atoms with E-state index in [-0.39, 0.29) is 0 Å². The number of nitrogens with one attached hydrogen (secondary N) is 1. The van der Waals surface area contributed by atoms with Gasteiger partial charge in [0, 0.05) is 12.2 Å². The number of aromatic nitrogens is 2. The van der Waals surface area contributed by atoms with Crippen molar-refractivity contribution in [3.63, 3.8) is 0 Å². The van der Waals surface area contributed by atoms with Crippen LogP contribution in [0.1, 0.15) is 58.1 Å². The van der Waals surface area contributed by atoms with E-state index in [2.05, 4.69) is 52.0 Å². The lowest BCUT2D eigenvalue weighted by Crippen LogP contribution is -2.26. The number of hydrogen-bond acceptors (Lipinski definition) is 3. The Morgan fingerprint density at radius 3 is 2.56 bits per heavy atom. The van der Waals surface area contributed by atoms with Gasteiger partial charge in [0.2, 0.25) is 5.95 Å². The molecule has 3 nitrogen and oxygen atoms in total. The molecule has 1 aliphatic rings. The maximum absolute atomic E-state index is 4.62. The van der Waals surface area contributed by atoms with Crippen LogP contribution >= 0.6 is 15.9 Å². The van der Waals surface area contributed by atoms with E-state index in [9.17, 15) is 0 Å². The Labute approximate surface area is 118 Å². The second-order valence-electron chi connectivity index (χ2n) is 5.68. The normalized spacial score (nSPS) is 24.3. The predicted octanol–water partition coefficient (Wildman–Crippen LogP) is 4.35. The number of rotatable bonds is 3. The molecule has 1 aliphatic carbocycles. The van der Waals surface area contributed by atoms with Crippen molar-refractivity contribution in [3.05, 3.63) is 16.4 Å². The van der Waals surface area contributed by atoms with E-state index in [0.717, 1.165) is 22.0 Å². The zero-order valence-electron chi connectivity index (χ0n) is 11.4. The van der Waals surface area contributed by atoms with E-state index in [0.29, 0.717) is 12.0 Å². The van der Waals surface area contributed by atoms with Crippen molar-refractivity contribution in [2.75, 3.05) is 5.32 Å². The molecule has 1 heterocycles. The molecular weight excluding hydrogens is 290 g/mol. The standard InChI is InChI=1S/C14H22BrN3/c1-9(2)13-12(15)8-16-14(18-13)17-11-6-4-10(3)5-7-11/h8-11H,4-7H2,1-3H3,(H,16,17,18). The maximum atomic E-state index is 4.62. The van der Waals surface area contributed by atoms with Crippen LogP contribution in [0.15, 0.2) is 10.7 Å². The van der Waals surface area contributed by atoms with Crippen molar-refractivity contribution < 1.29 is 0 Å². The summed E-state index contributed by atoms with van der Waals surface area (Å²) in [6, 6.07) is 0.544. The van der Waals surface area contributed by atoms with E-state index < -0.39 is 0 Å². The molecule has 0 amide bonds. The fourth-order valence-corrected chi connectivity index (χ4v) is 3.09. The van der Waals surface area contributed by atoms with Crippen LogP contribution in [0.25, 0.3) is 0 Å². The Balaban J connectivity index is 2.03. The summed E-state index contributed by atoms with van der Waals surface area (Å²) < 4.78 is 1.00. The summed E-state index contributed by atoms with van der Waals surface area (Å²) >= 11 is 3.51. The molecule has 2 rings (SSSR count). The van der Waals surface area contributed by atoms with E-state index in [1.807, 2.05) is 6.20 Å². The molecule has 1 aromatic rings. The molecule has 0 radical (unpaired) electrons. The van der Waals surface area contributed by atoms with Gasteiger partial charge in [-0.25, -0.2) is 9.97 Å². The maximum Gasteiger partial charge on any atom is 0.223 e. The summed E-state index contributed by atoms with van der Waals surface area (Å²) in [4.78, 5) is 8.98. The monoisotopic (exact) mass is 311 g/mol. The van der Waals surface area contributed by atoms with Crippen molar-refractivity contribution in [1.29, 1.82) is 0 Å². The highest BCUT2D eigenvalue weighted by Gasteiger charge is 2.19. The lowest BCUT2D eigenvalue weighted by Gasteiger charge is -2.27. The molecule has 1 aromatic heterocycles. The summed E-state index contributed by atoms with van der Waals surface area (Å²) in [5, 5.41) is 3.48. The third-order valence-electron chi connectivity index (χ3n) is 3.67. The van der Waals surface area contributed by atoms with Crippen LogP contribution in [-0.4, -0.2) is 16.0 Å². The summed E-state index contributed by atoms with van der Waals surface area (Å²) in [5.41, 5.74) is 1.08. The third-order valence-corrected chi connectivity index (χ3v) is 4.28. The van der Waals surface area contributed by atoms with Crippen LogP contribution in [-0.2, 0) is 0 Å². The van der Waals surface area contributed by atoms with Crippen LogP contribution in [0, 0.1) is 5.92 Å². The molecule has 1 saturated carbocycles. The average Bonchev–Trinajstić information content (AvgIpc) is 2.34. The van der Waals surface area contributed by atoms with Gasteiger partial charge in [0.05, 0.1) is 10.2 Å². The van der Waals surface area contributed by atoms with Gasteiger partial charge >= 0.3 is 0 Å². The Morgan fingerprint density at radius 2 is 1.94 bits per heavy atom. The second kappa shape index (κ2) is 6.00. The molecule has 100 valence electrons. The van der Waals surface area contributed by atoms with Crippen LogP contribution in [0.5, 0.6) is 0 Å². The summed E-state index contributed by atoms with van der Waals surface area (Å²) in [7, 11) is 0. The first-order chi connectivity index (χ1) is 8.56.